The second-order valence-electron chi connectivity index (χ2n) is 7.04. The lowest BCUT2D eigenvalue weighted by Crippen LogP contribution is -2.49. The van der Waals surface area contributed by atoms with Crippen LogP contribution in [-0.2, 0) is 15.2 Å². The minimum Gasteiger partial charge on any atom is -0.480 e. The molecule has 1 amide bonds. The number of aliphatic carboxylic acids is 1. The van der Waals surface area contributed by atoms with Gasteiger partial charge in [0.2, 0.25) is 0 Å². The van der Waals surface area contributed by atoms with Gasteiger partial charge in [0, 0.05) is 22.0 Å². The Morgan fingerprint density at radius 2 is 1.83 bits per heavy atom. The molecule has 2 N–H and O–H groups in total. The van der Waals surface area contributed by atoms with Crippen molar-refractivity contribution in [3.63, 3.8) is 0 Å². The second kappa shape index (κ2) is 7.24. The van der Waals surface area contributed by atoms with Crippen LogP contribution in [0.2, 0.25) is 10.0 Å². The molecule has 2 aliphatic rings. The largest absolute Gasteiger partial charge is 0.480 e. The number of hydrogen-bond donors (Lipinski definition) is 2. The van der Waals surface area contributed by atoms with Crippen LogP contribution in [0.15, 0.2) is 23.4 Å². The highest BCUT2D eigenvalue weighted by atomic mass is 35.5. The minimum atomic E-state index is -4.93. The molecule has 0 bridgehead atoms. The Kier molecular flexibility index (Phi) is 5.37. The van der Waals surface area contributed by atoms with Gasteiger partial charge in [0.1, 0.15) is 6.04 Å². The number of oxime groups is 1. The van der Waals surface area contributed by atoms with Crippen LogP contribution < -0.4 is 0 Å². The number of halogens is 5. The SMILES string of the molecule is CC1CC(C2=NOC(c3cc(Cl)cc(Cl)c3)(C(F)(F)F)C2)N(C(=O)O)C1C(=O)O. The van der Waals surface area contributed by atoms with Gasteiger partial charge in [-0.2, -0.15) is 13.2 Å². The number of amides is 1. The highest BCUT2D eigenvalue weighted by Crippen LogP contribution is 2.50. The summed E-state index contributed by atoms with van der Waals surface area (Å²) in [4.78, 5) is 28.6. The van der Waals surface area contributed by atoms with E-state index in [1.807, 2.05) is 0 Å². The Morgan fingerprint density at radius 3 is 2.31 bits per heavy atom. The number of carboxylic acid groups (broad SMARTS) is 2. The molecule has 0 saturated carbocycles. The van der Waals surface area contributed by atoms with E-state index in [4.69, 9.17) is 28.0 Å². The summed E-state index contributed by atoms with van der Waals surface area (Å²) in [5.41, 5.74) is -3.51. The Morgan fingerprint density at radius 1 is 1.24 bits per heavy atom. The highest BCUT2D eigenvalue weighted by Gasteiger charge is 2.64. The predicted octanol–water partition coefficient (Wildman–Crippen LogP) is 4.37. The third-order valence-corrected chi connectivity index (χ3v) is 5.60. The van der Waals surface area contributed by atoms with Crippen molar-refractivity contribution in [2.75, 3.05) is 0 Å². The molecule has 0 aliphatic carbocycles. The van der Waals surface area contributed by atoms with Crippen LogP contribution in [0.25, 0.3) is 0 Å². The zero-order chi connectivity index (χ0) is 21.7. The molecule has 0 spiro atoms. The number of carbonyl (C=O) groups is 2. The maximum absolute atomic E-state index is 14.1. The van der Waals surface area contributed by atoms with Crippen molar-refractivity contribution in [1.29, 1.82) is 0 Å². The smallest absolute Gasteiger partial charge is 0.435 e. The summed E-state index contributed by atoms with van der Waals surface area (Å²) < 4.78 is 42.2. The van der Waals surface area contributed by atoms with Crippen LogP contribution in [-0.4, -0.2) is 51.1 Å². The van der Waals surface area contributed by atoms with Crippen molar-refractivity contribution in [2.24, 2.45) is 11.1 Å². The summed E-state index contributed by atoms with van der Waals surface area (Å²) in [6.07, 6.45) is -7.32. The number of nitrogens with zero attached hydrogens (tertiary/aromatic N) is 2. The lowest BCUT2D eigenvalue weighted by molar-refractivity contribution is -0.275. The van der Waals surface area contributed by atoms with E-state index < -0.39 is 48.3 Å². The van der Waals surface area contributed by atoms with E-state index >= 15 is 0 Å². The molecule has 7 nitrogen and oxygen atoms in total. The number of alkyl halides is 3. The molecule has 1 aromatic rings. The van der Waals surface area contributed by atoms with E-state index in [9.17, 15) is 33.0 Å². The van der Waals surface area contributed by atoms with Crippen molar-refractivity contribution >= 4 is 41.0 Å². The van der Waals surface area contributed by atoms with Gasteiger partial charge in [-0.1, -0.05) is 35.3 Å². The van der Waals surface area contributed by atoms with Gasteiger partial charge in [-0.3, -0.25) is 4.90 Å². The molecule has 4 unspecified atom stereocenters. The maximum Gasteiger partial charge on any atom is 0.435 e. The first-order valence-electron chi connectivity index (χ1n) is 8.39. The van der Waals surface area contributed by atoms with Crippen molar-refractivity contribution in [2.45, 2.75) is 43.6 Å². The first kappa shape index (κ1) is 21.5. The van der Waals surface area contributed by atoms with Crippen LogP contribution in [0.1, 0.15) is 25.3 Å². The monoisotopic (exact) mass is 454 g/mol. The molecule has 1 fully saturated rings. The molecule has 158 valence electrons. The van der Waals surface area contributed by atoms with Gasteiger partial charge in [-0.15, -0.1) is 0 Å². The van der Waals surface area contributed by atoms with Crippen LogP contribution in [0.4, 0.5) is 18.0 Å². The van der Waals surface area contributed by atoms with Crippen LogP contribution in [0.3, 0.4) is 0 Å². The fraction of sp³-hybridized carbons (Fsp3) is 0.471. The molecule has 4 atom stereocenters. The van der Waals surface area contributed by atoms with Gasteiger partial charge in [0.25, 0.3) is 5.60 Å². The zero-order valence-corrected chi connectivity index (χ0v) is 16.3. The summed E-state index contributed by atoms with van der Waals surface area (Å²) in [5.74, 6) is -2.01. The average Bonchev–Trinajstić information content (AvgIpc) is 3.15. The van der Waals surface area contributed by atoms with E-state index in [0.717, 1.165) is 12.1 Å². The molecule has 12 heteroatoms. The first-order chi connectivity index (χ1) is 13.4. The van der Waals surface area contributed by atoms with Gasteiger partial charge in [0.05, 0.1) is 11.8 Å². The van der Waals surface area contributed by atoms with E-state index in [-0.39, 0.29) is 27.7 Å². The molecule has 2 aliphatic heterocycles. The predicted molar refractivity (Wildman–Crippen MR) is 96.2 cm³/mol. The molecule has 29 heavy (non-hydrogen) atoms. The molecule has 1 saturated heterocycles. The quantitative estimate of drug-likeness (QED) is 0.706. The summed E-state index contributed by atoms with van der Waals surface area (Å²) in [7, 11) is 0. The van der Waals surface area contributed by atoms with E-state index in [1.54, 1.807) is 0 Å². The van der Waals surface area contributed by atoms with Crippen LogP contribution in [0.5, 0.6) is 0 Å². The molecule has 1 aromatic carbocycles. The highest BCUT2D eigenvalue weighted by molar-refractivity contribution is 6.34. The molecule has 0 radical (unpaired) electrons. The Bertz CT molecular complexity index is 874. The lowest BCUT2D eigenvalue weighted by atomic mass is 9.86. The van der Waals surface area contributed by atoms with Crippen molar-refractivity contribution < 1.29 is 37.8 Å². The minimum absolute atomic E-state index is 0.00427. The fourth-order valence-corrected chi connectivity index (χ4v) is 4.39. The van der Waals surface area contributed by atoms with Crippen molar-refractivity contribution in [1.82, 2.24) is 4.90 Å². The summed E-state index contributed by atoms with van der Waals surface area (Å²) >= 11 is 11.7. The second-order valence-corrected chi connectivity index (χ2v) is 7.91. The van der Waals surface area contributed by atoms with E-state index in [0.29, 0.717) is 4.90 Å². The van der Waals surface area contributed by atoms with Gasteiger partial charge in [-0.05, 0) is 30.5 Å². The van der Waals surface area contributed by atoms with Crippen LogP contribution >= 0.6 is 23.2 Å². The van der Waals surface area contributed by atoms with Gasteiger partial charge in [-0.25, -0.2) is 9.59 Å². The first-order valence-corrected chi connectivity index (χ1v) is 9.15. The van der Waals surface area contributed by atoms with Gasteiger partial charge < -0.3 is 15.1 Å². The molecule has 3 rings (SSSR count). The van der Waals surface area contributed by atoms with Crippen LogP contribution in [0, 0.1) is 5.92 Å². The number of hydrogen-bond acceptors (Lipinski definition) is 4. The van der Waals surface area contributed by atoms with Crippen molar-refractivity contribution in [3.05, 3.63) is 33.8 Å². The summed E-state index contributed by atoms with van der Waals surface area (Å²) in [5, 5.41) is 22.3. The summed E-state index contributed by atoms with van der Waals surface area (Å²) in [6.45, 7) is 1.51. The maximum atomic E-state index is 14.1. The zero-order valence-electron chi connectivity index (χ0n) is 14.8. The number of carboxylic acids is 1. The molecular formula is C17H15Cl2F3N2O5. The molecule has 2 heterocycles. The topological polar surface area (TPSA) is 99.4 Å². The van der Waals surface area contributed by atoms with Gasteiger partial charge in [0.15, 0.2) is 0 Å². The lowest BCUT2D eigenvalue weighted by Gasteiger charge is -2.30. The number of likely N-dealkylation sites (tertiary alicyclic amines) is 1. The fourth-order valence-electron chi connectivity index (χ4n) is 3.87. The Labute approximate surface area is 172 Å². The standard InChI is InChI=1S/C17H15Cl2F3N2O5/c1-7-2-12(24(15(27)28)13(7)14(25)26)11-6-16(29-23-11,17(20,21)22)8-3-9(18)5-10(19)4-8/h3-5,7,12-13H,2,6H2,1H3,(H,25,26)(H,27,28). The summed E-state index contributed by atoms with van der Waals surface area (Å²) in [6, 6.07) is 0.789. The Balaban J connectivity index is 2.00. The Hall–Kier alpha value is -2.20. The van der Waals surface area contributed by atoms with Gasteiger partial charge >= 0.3 is 18.2 Å². The molecular weight excluding hydrogens is 440 g/mol. The third kappa shape index (κ3) is 3.59. The molecule has 0 aromatic heterocycles. The average molecular weight is 455 g/mol. The number of rotatable bonds is 3. The van der Waals surface area contributed by atoms with E-state index in [1.165, 1.54) is 13.0 Å². The number of benzene rings is 1. The normalized spacial score (nSPS) is 29.5. The van der Waals surface area contributed by atoms with Crippen molar-refractivity contribution in [3.8, 4) is 0 Å². The third-order valence-electron chi connectivity index (χ3n) is 5.16. The van der Waals surface area contributed by atoms with E-state index in [2.05, 4.69) is 5.16 Å².